The Balaban J connectivity index is 1.39. The Morgan fingerprint density at radius 1 is 1.44 bits per heavy atom. The second kappa shape index (κ2) is 9.89. The maximum Gasteiger partial charge on any atom is 0.352 e. The number of β-lactam (4-membered cyclic amide) rings is 1. The number of aromatic nitrogens is 2. The van der Waals surface area contributed by atoms with Crippen molar-refractivity contribution in [1.82, 2.24) is 20.4 Å². The highest BCUT2D eigenvalue weighted by Crippen LogP contribution is 2.41. The van der Waals surface area contributed by atoms with Gasteiger partial charge in [0.1, 0.15) is 27.9 Å². The van der Waals surface area contributed by atoms with Gasteiger partial charge in [0.25, 0.3) is 5.91 Å². The lowest BCUT2D eigenvalue weighted by molar-refractivity contribution is -0.150. The summed E-state index contributed by atoms with van der Waals surface area (Å²) in [7, 11) is -1.63. The van der Waals surface area contributed by atoms with Crippen LogP contribution in [0.2, 0.25) is 0 Å². The van der Waals surface area contributed by atoms with Gasteiger partial charge in [0.05, 0.1) is 20.5 Å². The van der Waals surface area contributed by atoms with Crippen LogP contribution >= 0.6 is 58.8 Å². The lowest BCUT2D eigenvalue weighted by Crippen LogP contribution is -2.70. The van der Waals surface area contributed by atoms with E-state index in [0.717, 1.165) is 9.35 Å². The minimum Gasteiger partial charge on any atom is -0.477 e. The molecule has 170 valence electrons. The van der Waals surface area contributed by atoms with E-state index in [9.17, 15) is 23.7 Å². The lowest BCUT2D eigenvalue weighted by Gasteiger charge is -2.49. The number of hydrogen-bond donors (Lipinski definition) is 2. The summed E-state index contributed by atoms with van der Waals surface area (Å²) in [4.78, 5) is 42.2. The molecule has 4 heterocycles. The van der Waals surface area contributed by atoms with Crippen LogP contribution in [0.1, 0.15) is 5.01 Å². The van der Waals surface area contributed by atoms with Gasteiger partial charge >= 0.3 is 5.97 Å². The summed E-state index contributed by atoms with van der Waals surface area (Å²) < 4.78 is 13.5. The van der Waals surface area contributed by atoms with Gasteiger partial charge < -0.3 is 10.4 Å². The normalized spacial score (nSPS) is 25.5. The third-order valence-corrected chi connectivity index (χ3v) is 10.8. The summed E-state index contributed by atoms with van der Waals surface area (Å²) in [5.74, 6) is -1.82. The molecule has 3 aliphatic rings. The average Bonchev–Trinajstić information content (AvgIpc) is 3.37. The number of carbonyl (C=O) groups excluding carboxylic acids is 2. The fraction of sp³-hybridized carbons (Fsp3) is 0.438. The molecule has 3 unspecified atom stereocenters. The Morgan fingerprint density at radius 3 is 2.84 bits per heavy atom. The second-order valence-corrected chi connectivity index (χ2v) is 13.2. The first kappa shape index (κ1) is 23.8. The topological polar surface area (TPSA) is 142 Å². The number of thioether (sulfide) groups is 3. The predicted molar refractivity (Wildman–Crippen MR) is 131 cm³/mol. The molecule has 32 heavy (non-hydrogen) atoms. The van der Waals surface area contributed by atoms with Crippen molar-refractivity contribution in [2.75, 3.05) is 17.3 Å². The zero-order chi connectivity index (χ0) is 23.0. The molecular weight excluding hydrogens is 535 g/mol. The maximum absolute atomic E-state index is 12.7. The van der Waals surface area contributed by atoms with E-state index in [1.54, 1.807) is 0 Å². The molecule has 4 atom stereocenters. The summed E-state index contributed by atoms with van der Waals surface area (Å²) >= 11 is 10.4. The van der Waals surface area contributed by atoms with E-state index >= 15 is 0 Å². The Bertz CT molecular complexity index is 1090. The number of carboxylic acids is 1. The molecule has 1 fully saturated rings. The number of fused-ring (bicyclic) bond motifs is 1. The standard InChI is InChI=1S/C16H15N5O5S6/c1-6-19-20-16(31-6)29-3-7-2-28-13-9(12(23)21(13)10(7)14(24)25)18-8(22)4-32(26)11-15(27)30-5-17-11/h5,9,11,13H,2-4H2,1H3,(H,18,22)(H,24,25)/t9?,11?,13-,32?/m1/s1. The molecule has 0 aromatic carbocycles. The van der Waals surface area contributed by atoms with Crippen molar-refractivity contribution in [1.29, 1.82) is 0 Å². The molecular formula is C16H15N5O5S6. The Kier molecular flexibility index (Phi) is 7.36. The van der Waals surface area contributed by atoms with E-state index in [2.05, 4.69) is 20.5 Å². The first-order chi connectivity index (χ1) is 15.3. The fourth-order valence-electron chi connectivity index (χ4n) is 3.14. The fourth-order valence-corrected chi connectivity index (χ4v) is 8.89. The Morgan fingerprint density at radius 2 is 2.22 bits per heavy atom. The van der Waals surface area contributed by atoms with Gasteiger partial charge in [0.2, 0.25) is 5.91 Å². The Labute approximate surface area is 206 Å². The zero-order valence-electron chi connectivity index (χ0n) is 16.2. The van der Waals surface area contributed by atoms with E-state index in [-0.39, 0.29) is 11.4 Å². The van der Waals surface area contributed by atoms with E-state index < -0.39 is 45.4 Å². The molecule has 1 aromatic rings. The number of aryl methyl sites for hydroxylation is 1. The van der Waals surface area contributed by atoms with E-state index in [4.69, 9.17) is 12.2 Å². The van der Waals surface area contributed by atoms with E-state index in [0.29, 0.717) is 21.3 Å². The summed E-state index contributed by atoms with van der Waals surface area (Å²) in [5.41, 5.74) is 2.06. The van der Waals surface area contributed by atoms with Crippen molar-refractivity contribution < 1.29 is 23.7 Å². The molecule has 1 aromatic heterocycles. The summed E-state index contributed by atoms with van der Waals surface area (Å²) in [6.07, 6.45) is 0. The molecule has 0 spiro atoms. The number of aliphatic carboxylic acids is 1. The molecule has 1 saturated heterocycles. The van der Waals surface area contributed by atoms with Gasteiger partial charge in [-0.2, -0.15) is 0 Å². The second-order valence-electron chi connectivity index (χ2n) is 6.66. The number of rotatable bonds is 8. The van der Waals surface area contributed by atoms with Crippen LogP contribution < -0.4 is 5.32 Å². The van der Waals surface area contributed by atoms with Gasteiger partial charge in [-0.1, -0.05) is 47.1 Å². The van der Waals surface area contributed by atoms with Crippen molar-refractivity contribution >= 4 is 97.2 Å². The van der Waals surface area contributed by atoms with Crippen molar-refractivity contribution in [3.63, 3.8) is 0 Å². The number of thiocarbonyl (C=S) groups is 1. The van der Waals surface area contributed by atoms with Crippen molar-refractivity contribution in [2.24, 2.45) is 4.99 Å². The van der Waals surface area contributed by atoms with E-state index in [1.807, 2.05) is 6.92 Å². The van der Waals surface area contributed by atoms with Crippen LogP contribution in [-0.2, 0) is 25.2 Å². The Hall–Kier alpha value is -1.33. The molecule has 2 amide bonds. The highest BCUT2D eigenvalue weighted by molar-refractivity contribution is 8.33. The summed E-state index contributed by atoms with van der Waals surface area (Å²) in [6.45, 7) is 1.83. The third kappa shape index (κ3) is 4.79. The zero-order valence-corrected chi connectivity index (χ0v) is 21.1. The van der Waals surface area contributed by atoms with Crippen molar-refractivity contribution in [2.45, 2.75) is 28.1 Å². The number of amides is 2. The van der Waals surface area contributed by atoms with Gasteiger partial charge in [-0.3, -0.25) is 23.7 Å². The predicted octanol–water partition coefficient (Wildman–Crippen LogP) is 0.855. The average molecular weight is 550 g/mol. The van der Waals surface area contributed by atoms with Crippen molar-refractivity contribution in [3.05, 3.63) is 16.3 Å². The van der Waals surface area contributed by atoms with Crippen LogP contribution in [0.25, 0.3) is 0 Å². The highest BCUT2D eigenvalue weighted by atomic mass is 32.2. The summed E-state index contributed by atoms with van der Waals surface area (Å²) in [6, 6.07) is -0.868. The lowest BCUT2D eigenvalue weighted by atomic mass is 10.0. The number of hydrogen-bond acceptors (Lipinski definition) is 12. The molecule has 10 nitrogen and oxygen atoms in total. The number of nitrogens with zero attached hydrogens (tertiary/aromatic N) is 4. The van der Waals surface area contributed by atoms with E-state index in [1.165, 1.54) is 57.1 Å². The largest absolute Gasteiger partial charge is 0.477 e. The van der Waals surface area contributed by atoms with Gasteiger partial charge in [-0.05, 0) is 12.5 Å². The minimum absolute atomic E-state index is 0.0516. The van der Waals surface area contributed by atoms with Crippen LogP contribution in [-0.4, -0.2) is 86.0 Å². The molecule has 0 saturated carbocycles. The monoisotopic (exact) mass is 549 g/mol. The molecule has 3 aliphatic heterocycles. The van der Waals surface area contributed by atoms with Gasteiger partial charge in [-0.15, -0.1) is 22.0 Å². The quantitative estimate of drug-likeness (QED) is 0.271. The molecule has 4 rings (SSSR count). The molecule has 0 bridgehead atoms. The number of nitrogens with one attached hydrogen (secondary N) is 1. The highest BCUT2D eigenvalue weighted by Gasteiger charge is 2.54. The number of aliphatic imine (C=N–C) groups is 1. The van der Waals surface area contributed by atoms with Crippen molar-refractivity contribution in [3.8, 4) is 0 Å². The van der Waals surface area contributed by atoms with Crippen LogP contribution in [0, 0.1) is 6.92 Å². The molecule has 0 aliphatic carbocycles. The van der Waals surface area contributed by atoms with Crippen LogP contribution in [0.4, 0.5) is 0 Å². The maximum atomic E-state index is 12.7. The van der Waals surface area contributed by atoms with Gasteiger partial charge in [0.15, 0.2) is 9.71 Å². The van der Waals surface area contributed by atoms with Crippen LogP contribution in [0.5, 0.6) is 0 Å². The minimum atomic E-state index is -1.63. The third-order valence-electron chi connectivity index (χ3n) is 4.53. The molecule has 16 heteroatoms. The smallest absolute Gasteiger partial charge is 0.352 e. The number of carbonyl (C=O) groups is 3. The van der Waals surface area contributed by atoms with Gasteiger partial charge in [0, 0.05) is 11.5 Å². The summed E-state index contributed by atoms with van der Waals surface area (Å²) in [5, 5.41) is 19.9. The first-order valence-electron chi connectivity index (χ1n) is 8.98. The van der Waals surface area contributed by atoms with Crippen LogP contribution in [0.15, 0.2) is 20.6 Å². The SMILES string of the molecule is Cc1nnc(SCC2=C(C(=O)O)N3C(=O)C(NC(=O)CS(=O)C4N=CSC4=S)[C@H]3SC2)s1. The van der Waals surface area contributed by atoms with Gasteiger partial charge in [-0.25, -0.2) is 4.79 Å². The van der Waals surface area contributed by atoms with Crippen LogP contribution in [0.3, 0.4) is 0 Å². The molecule has 2 N–H and O–H groups in total. The first-order valence-corrected chi connectivity index (χ1v) is 14.5. The molecule has 0 radical (unpaired) electrons. The number of carboxylic acid groups (broad SMARTS) is 1.